The minimum atomic E-state index is -2.87. The Morgan fingerprint density at radius 3 is 1.40 bits per heavy atom. The summed E-state index contributed by atoms with van der Waals surface area (Å²) >= 11 is 0. The molecule has 0 amide bonds. The monoisotopic (exact) mass is 145 g/mol. The molecule has 0 aliphatic rings. The number of rotatable bonds is 0. The fourth-order valence-corrected chi connectivity index (χ4v) is 0. The minimum Gasteiger partial charge on any atom is -0.134 e. The molecule has 0 spiro atoms. The average molecular weight is 146 g/mol. The Labute approximate surface area is 42.7 Å². The minimum absolute atomic E-state index is 0. The molecular formula is H2O3PZn+. The summed E-state index contributed by atoms with van der Waals surface area (Å²) in [5.74, 6) is 0. The third-order valence-electron chi connectivity index (χ3n) is 0. The van der Waals surface area contributed by atoms with E-state index in [1.165, 1.54) is 0 Å². The van der Waals surface area contributed by atoms with Gasteiger partial charge in [0.15, 0.2) is 0 Å². The molecule has 0 aromatic heterocycles. The van der Waals surface area contributed by atoms with Crippen LogP contribution in [0.4, 0.5) is 0 Å². The molecule has 0 heterocycles. The van der Waals surface area contributed by atoms with E-state index >= 15 is 0 Å². The Hall–Kier alpha value is 0.643. The van der Waals surface area contributed by atoms with Gasteiger partial charge in [0.2, 0.25) is 0 Å². The van der Waals surface area contributed by atoms with Crippen LogP contribution < -0.4 is 0 Å². The van der Waals surface area contributed by atoms with Crippen molar-refractivity contribution >= 4 is 8.25 Å². The van der Waals surface area contributed by atoms with Crippen LogP contribution in [0.1, 0.15) is 0 Å². The second-order valence-corrected chi connectivity index (χ2v) is 0.758. The molecule has 0 radical (unpaired) electrons. The third kappa shape index (κ3) is 78.4. The van der Waals surface area contributed by atoms with Gasteiger partial charge in [-0.3, -0.25) is 0 Å². The van der Waals surface area contributed by atoms with E-state index in [9.17, 15) is 0 Å². The first kappa shape index (κ1) is 9.17. The molecule has 0 fully saturated rings. The summed E-state index contributed by atoms with van der Waals surface area (Å²) in [4.78, 5) is 14.2. The van der Waals surface area contributed by atoms with Crippen LogP contribution in [-0.4, -0.2) is 9.79 Å². The van der Waals surface area contributed by atoms with Gasteiger partial charge in [-0.25, -0.2) is 0 Å². The molecule has 0 saturated heterocycles. The van der Waals surface area contributed by atoms with Crippen LogP contribution in [0.25, 0.3) is 0 Å². The summed E-state index contributed by atoms with van der Waals surface area (Å²) in [6, 6.07) is 0. The Bertz CT molecular complexity index is 29.9. The first-order chi connectivity index (χ1) is 1.73. The van der Waals surface area contributed by atoms with E-state index in [-0.39, 0.29) is 19.5 Å². The van der Waals surface area contributed by atoms with Gasteiger partial charge >= 0.3 is 8.25 Å². The molecule has 0 aliphatic carbocycles. The average Bonchev–Trinajstić information content (AvgIpc) is 0.811. The zero-order valence-electron chi connectivity index (χ0n) is 2.46. The SMILES string of the molecule is O=[P+](O)O.[Zn]. The van der Waals surface area contributed by atoms with Crippen LogP contribution in [0, 0.1) is 0 Å². The van der Waals surface area contributed by atoms with Gasteiger partial charge < -0.3 is 0 Å². The molecule has 0 aliphatic heterocycles. The molecule has 0 aromatic carbocycles. The van der Waals surface area contributed by atoms with Gasteiger partial charge in [0.05, 0.1) is 0 Å². The van der Waals surface area contributed by atoms with E-state index in [1.54, 1.807) is 0 Å². The summed E-state index contributed by atoms with van der Waals surface area (Å²) in [6.07, 6.45) is 0. The van der Waals surface area contributed by atoms with E-state index in [0.717, 1.165) is 0 Å². The molecule has 3 nitrogen and oxygen atoms in total. The van der Waals surface area contributed by atoms with Crippen LogP contribution in [0.3, 0.4) is 0 Å². The van der Waals surface area contributed by atoms with Crippen LogP contribution in [-0.2, 0) is 24.0 Å². The fourth-order valence-electron chi connectivity index (χ4n) is 0. The number of hydrogen-bond acceptors (Lipinski definition) is 1. The molecule has 0 saturated carbocycles. The van der Waals surface area contributed by atoms with Crippen molar-refractivity contribution in [3.8, 4) is 0 Å². The van der Waals surface area contributed by atoms with E-state index in [0.29, 0.717) is 0 Å². The van der Waals surface area contributed by atoms with Crippen molar-refractivity contribution in [2.45, 2.75) is 0 Å². The van der Waals surface area contributed by atoms with Crippen LogP contribution in [0.15, 0.2) is 0 Å². The Morgan fingerprint density at radius 1 is 1.40 bits per heavy atom. The normalized spacial score (nSPS) is 5.20. The maximum Gasteiger partial charge on any atom is 0.692 e. The molecule has 26 valence electrons. The van der Waals surface area contributed by atoms with Crippen LogP contribution >= 0.6 is 8.25 Å². The fraction of sp³-hybridized carbons (Fsp3) is 0. The quantitative estimate of drug-likeness (QED) is 0.362. The Balaban J connectivity index is 0. The topological polar surface area (TPSA) is 57.5 Å². The first-order valence-electron chi connectivity index (χ1n) is 0.583. The van der Waals surface area contributed by atoms with Gasteiger partial charge in [0.1, 0.15) is 0 Å². The van der Waals surface area contributed by atoms with Crippen molar-refractivity contribution in [2.24, 2.45) is 0 Å². The van der Waals surface area contributed by atoms with Gasteiger partial charge in [0.25, 0.3) is 0 Å². The van der Waals surface area contributed by atoms with E-state index in [1.807, 2.05) is 0 Å². The molecule has 0 rings (SSSR count). The van der Waals surface area contributed by atoms with Crippen molar-refractivity contribution in [3.05, 3.63) is 0 Å². The zero-order chi connectivity index (χ0) is 3.58. The first-order valence-corrected chi connectivity index (χ1v) is 1.75. The zero-order valence-corrected chi connectivity index (χ0v) is 6.32. The van der Waals surface area contributed by atoms with E-state index in [2.05, 4.69) is 0 Å². The molecule has 0 bridgehead atoms. The van der Waals surface area contributed by atoms with Crippen molar-refractivity contribution in [3.63, 3.8) is 0 Å². The largest absolute Gasteiger partial charge is 0.692 e. The van der Waals surface area contributed by atoms with Gasteiger partial charge in [-0.15, -0.1) is 9.79 Å². The summed E-state index contributed by atoms with van der Waals surface area (Å²) in [5, 5.41) is 0. The maximum atomic E-state index is 8.70. The predicted octanol–water partition coefficient (Wildman–Crippen LogP) is -0.374. The van der Waals surface area contributed by atoms with Gasteiger partial charge in [-0.05, 0) is 0 Å². The van der Waals surface area contributed by atoms with Gasteiger partial charge in [0, 0.05) is 24.0 Å². The molecular weight excluding hydrogens is 144 g/mol. The van der Waals surface area contributed by atoms with Gasteiger partial charge in [-0.1, -0.05) is 0 Å². The van der Waals surface area contributed by atoms with Crippen molar-refractivity contribution in [1.29, 1.82) is 0 Å². The summed E-state index contributed by atoms with van der Waals surface area (Å²) in [5.41, 5.74) is 0. The Morgan fingerprint density at radius 2 is 1.40 bits per heavy atom. The van der Waals surface area contributed by atoms with Crippen molar-refractivity contribution in [2.75, 3.05) is 0 Å². The van der Waals surface area contributed by atoms with Crippen LogP contribution in [0.2, 0.25) is 0 Å². The molecule has 2 N–H and O–H groups in total. The number of hydrogen-bond donors (Lipinski definition) is 2. The maximum absolute atomic E-state index is 8.70. The second-order valence-electron chi connectivity index (χ2n) is 0.253. The van der Waals surface area contributed by atoms with Crippen molar-refractivity contribution in [1.82, 2.24) is 0 Å². The Kier molecular flexibility index (Phi) is 8.51. The van der Waals surface area contributed by atoms with E-state index in [4.69, 9.17) is 14.4 Å². The molecule has 0 aromatic rings. The van der Waals surface area contributed by atoms with Gasteiger partial charge in [-0.2, -0.15) is 0 Å². The summed E-state index contributed by atoms with van der Waals surface area (Å²) in [7, 11) is -2.87. The van der Waals surface area contributed by atoms with Crippen molar-refractivity contribution < 1.29 is 33.8 Å². The molecule has 5 heteroatoms. The predicted molar refractivity (Wildman–Crippen MR) is 12.0 cm³/mol. The standard InChI is InChI=1S/HO3P.Zn/c1-4(2)3;/h(H-,1,2,3);/p+1. The molecule has 0 unspecified atom stereocenters. The third-order valence-corrected chi connectivity index (χ3v) is 0. The second kappa shape index (κ2) is 4.64. The summed E-state index contributed by atoms with van der Waals surface area (Å²) in [6.45, 7) is 0. The van der Waals surface area contributed by atoms with E-state index < -0.39 is 8.25 Å². The molecule has 5 heavy (non-hydrogen) atoms. The summed E-state index contributed by atoms with van der Waals surface area (Å²) < 4.78 is 8.70. The smallest absolute Gasteiger partial charge is 0.134 e. The van der Waals surface area contributed by atoms with Crippen LogP contribution in [0.5, 0.6) is 0 Å². The molecule has 0 atom stereocenters.